The van der Waals surface area contributed by atoms with Crippen molar-refractivity contribution in [1.82, 2.24) is 4.90 Å². The number of ketones is 1. The van der Waals surface area contributed by atoms with Crippen molar-refractivity contribution in [2.75, 3.05) is 13.1 Å². The van der Waals surface area contributed by atoms with E-state index in [9.17, 15) is 19.5 Å². The van der Waals surface area contributed by atoms with Crippen molar-refractivity contribution in [2.45, 2.75) is 45.3 Å². The second kappa shape index (κ2) is 9.76. The Morgan fingerprint density at radius 1 is 1.12 bits per heavy atom. The molecule has 0 bridgehead atoms. The molecule has 0 N–H and O–H groups in total. The van der Waals surface area contributed by atoms with Gasteiger partial charge in [-0.3, -0.25) is 9.59 Å². The number of amides is 1. The molecule has 1 saturated heterocycles. The monoisotopic (exact) mass is 360 g/mol. The van der Waals surface area contributed by atoms with E-state index in [0.29, 0.717) is 31.5 Å². The SMILES string of the molecule is CC(=O)ON=NCc1ccc(C(=O)CCC(=O)N2CCC([O])CC2)cc1. The Kier molecular flexibility index (Phi) is 7.40. The van der Waals surface area contributed by atoms with Crippen LogP contribution in [0.3, 0.4) is 0 Å². The van der Waals surface area contributed by atoms with E-state index in [-0.39, 0.29) is 31.1 Å². The highest BCUT2D eigenvalue weighted by atomic mass is 16.7. The van der Waals surface area contributed by atoms with E-state index < -0.39 is 12.1 Å². The van der Waals surface area contributed by atoms with E-state index in [1.54, 1.807) is 29.2 Å². The second-order valence-electron chi connectivity index (χ2n) is 6.16. The predicted octanol–water partition coefficient (Wildman–Crippen LogP) is 2.50. The van der Waals surface area contributed by atoms with Crippen LogP contribution < -0.4 is 0 Å². The number of carbonyl (C=O) groups excluding carboxylic acids is 3. The van der Waals surface area contributed by atoms with Gasteiger partial charge in [-0.15, -0.1) is 5.11 Å². The zero-order valence-corrected chi connectivity index (χ0v) is 14.7. The van der Waals surface area contributed by atoms with Crippen molar-refractivity contribution >= 4 is 17.7 Å². The molecular weight excluding hydrogens is 338 g/mol. The van der Waals surface area contributed by atoms with E-state index in [2.05, 4.69) is 15.2 Å². The molecular formula is C18H22N3O5. The molecule has 0 aromatic heterocycles. The molecule has 0 spiro atoms. The summed E-state index contributed by atoms with van der Waals surface area (Å²) in [5.74, 6) is -0.723. The molecule has 1 radical (unpaired) electrons. The van der Waals surface area contributed by atoms with Crippen LogP contribution in [0.2, 0.25) is 0 Å². The number of nitrogens with zero attached hydrogens (tertiary/aromatic N) is 3. The first-order valence-electron chi connectivity index (χ1n) is 8.56. The summed E-state index contributed by atoms with van der Waals surface area (Å²) in [5.41, 5.74) is 1.34. The van der Waals surface area contributed by atoms with E-state index in [1.165, 1.54) is 6.92 Å². The molecule has 0 aliphatic carbocycles. The van der Waals surface area contributed by atoms with Gasteiger partial charge in [-0.1, -0.05) is 24.3 Å². The van der Waals surface area contributed by atoms with E-state index in [4.69, 9.17) is 0 Å². The quantitative estimate of drug-likeness (QED) is 0.423. The summed E-state index contributed by atoms with van der Waals surface area (Å²) in [6, 6.07) is 6.82. The number of carbonyl (C=O) groups is 3. The Balaban J connectivity index is 1.77. The van der Waals surface area contributed by atoms with Crippen molar-refractivity contribution in [2.24, 2.45) is 10.4 Å². The summed E-state index contributed by atoms with van der Waals surface area (Å²) in [7, 11) is 0. The number of Topliss-reactive ketones (excluding diaryl/α,β-unsaturated/α-hetero) is 1. The standard InChI is InChI=1S/C18H22N3O5/c1-13(22)26-20-19-12-14-2-4-15(5-3-14)17(24)6-7-18(25)21-10-8-16(23)9-11-21/h2-5,16H,6-12H2,1H3. The number of likely N-dealkylation sites (tertiary alicyclic amines) is 1. The Morgan fingerprint density at radius 2 is 1.77 bits per heavy atom. The van der Waals surface area contributed by atoms with Gasteiger partial charge in [-0.2, -0.15) is 0 Å². The van der Waals surface area contributed by atoms with Crippen molar-refractivity contribution in [3.63, 3.8) is 0 Å². The van der Waals surface area contributed by atoms with Crippen LogP contribution >= 0.6 is 0 Å². The van der Waals surface area contributed by atoms with Gasteiger partial charge in [-0.25, -0.2) is 9.90 Å². The zero-order valence-electron chi connectivity index (χ0n) is 14.7. The third-order valence-corrected chi connectivity index (χ3v) is 4.12. The maximum Gasteiger partial charge on any atom is 0.333 e. The highest BCUT2D eigenvalue weighted by Crippen LogP contribution is 2.14. The second-order valence-corrected chi connectivity index (χ2v) is 6.16. The van der Waals surface area contributed by atoms with Crippen LogP contribution in [0.4, 0.5) is 0 Å². The van der Waals surface area contributed by atoms with Crippen LogP contribution in [0.5, 0.6) is 0 Å². The fraction of sp³-hybridized carbons (Fsp3) is 0.500. The lowest BCUT2D eigenvalue weighted by molar-refractivity contribution is -0.142. The summed E-state index contributed by atoms with van der Waals surface area (Å²) in [6.45, 7) is 2.43. The lowest BCUT2D eigenvalue weighted by Crippen LogP contribution is -2.39. The van der Waals surface area contributed by atoms with Gasteiger partial charge >= 0.3 is 5.97 Å². The summed E-state index contributed by atoms with van der Waals surface area (Å²) in [4.78, 5) is 40.9. The molecule has 1 aliphatic heterocycles. The molecule has 8 heteroatoms. The first-order valence-corrected chi connectivity index (χ1v) is 8.56. The number of piperidine rings is 1. The highest BCUT2D eigenvalue weighted by Gasteiger charge is 2.22. The first-order chi connectivity index (χ1) is 12.5. The van der Waals surface area contributed by atoms with Crippen LogP contribution in [-0.2, 0) is 26.1 Å². The average Bonchev–Trinajstić information content (AvgIpc) is 2.64. The van der Waals surface area contributed by atoms with Crippen LogP contribution in [0.1, 0.15) is 48.5 Å². The van der Waals surface area contributed by atoms with Gasteiger partial charge < -0.3 is 9.74 Å². The van der Waals surface area contributed by atoms with Gasteiger partial charge in [0.15, 0.2) is 5.78 Å². The Hall–Kier alpha value is -2.61. The van der Waals surface area contributed by atoms with Crippen molar-refractivity contribution < 1.29 is 24.3 Å². The van der Waals surface area contributed by atoms with Crippen molar-refractivity contribution in [3.05, 3.63) is 35.4 Å². The largest absolute Gasteiger partial charge is 0.342 e. The Labute approximate surface area is 151 Å². The number of hydrogen-bond acceptors (Lipinski definition) is 6. The Bertz CT molecular complexity index is 664. The third-order valence-electron chi connectivity index (χ3n) is 4.12. The summed E-state index contributed by atoms with van der Waals surface area (Å²) in [6.07, 6.45) is 0.682. The third kappa shape index (κ3) is 6.36. The number of hydrogen-bond donors (Lipinski definition) is 0. The molecule has 0 unspecified atom stereocenters. The zero-order chi connectivity index (χ0) is 18.9. The minimum absolute atomic E-state index is 0.0762. The molecule has 139 valence electrons. The van der Waals surface area contributed by atoms with Crippen molar-refractivity contribution in [3.8, 4) is 0 Å². The van der Waals surface area contributed by atoms with Gasteiger partial charge in [0, 0.05) is 43.7 Å². The topological polar surface area (TPSA) is 108 Å². The molecule has 2 rings (SSSR count). The minimum Gasteiger partial charge on any atom is -0.342 e. The number of benzene rings is 1. The molecule has 8 nitrogen and oxygen atoms in total. The summed E-state index contributed by atoms with van der Waals surface area (Å²) < 4.78 is 0. The highest BCUT2D eigenvalue weighted by molar-refractivity contribution is 5.98. The minimum atomic E-state index is -0.576. The normalized spacial score (nSPS) is 15.2. The molecule has 0 saturated carbocycles. The fourth-order valence-corrected chi connectivity index (χ4v) is 2.62. The molecule has 1 aliphatic rings. The van der Waals surface area contributed by atoms with Crippen LogP contribution in [-0.4, -0.2) is 41.8 Å². The van der Waals surface area contributed by atoms with E-state index in [0.717, 1.165) is 5.56 Å². The van der Waals surface area contributed by atoms with Gasteiger partial charge in [0.05, 0.1) is 12.6 Å². The lowest BCUT2D eigenvalue weighted by atomic mass is 10.0. The van der Waals surface area contributed by atoms with Gasteiger partial charge in [0.2, 0.25) is 5.91 Å². The van der Waals surface area contributed by atoms with Gasteiger partial charge in [0.25, 0.3) is 0 Å². The van der Waals surface area contributed by atoms with Gasteiger partial charge in [-0.05, 0) is 18.4 Å². The fourth-order valence-electron chi connectivity index (χ4n) is 2.62. The summed E-state index contributed by atoms with van der Waals surface area (Å²) in [5, 5.41) is 18.2. The number of rotatable bonds is 7. The van der Waals surface area contributed by atoms with Crippen LogP contribution in [0, 0.1) is 0 Å². The molecule has 1 heterocycles. The maximum absolute atomic E-state index is 12.2. The first kappa shape index (κ1) is 19.7. The molecule has 26 heavy (non-hydrogen) atoms. The molecule has 0 atom stereocenters. The average molecular weight is 360 g/mol. The molecule has 1 amide bonds. The predicted molar refractivity (Wildman–Crippen MR) is 90.6 cm³/mol. The smallest absolute Gasteiger partial charge is 0.333 e. The maximum atomic E-state index is 12.2. The molecule has 1 aromatic rings. The molecule has 1 fully saturated rings. The Morgan fingerprint density at radius 3 is 2.38 bits per heavy atom. The van der Waals surface area contributed by atoms with Crippen LogP contribution in [0.15, 0.2) is 34.7 Å². The van der Waals surface area contributed by atoms with E-state index in [1.807, 2.05) is 0 Å². The van der Waals surface area contributed by atoms with Crippen molar-refractivity contribution in [1.29, 1.82) is 0 Å². The van der Waals surface area contributed by atoms with E-state index >= 15 is 0 Å². The van der Waals surface area contributed by atoms with Crippen LogP contribution in [0.25, 0.3) is 0 Å². The summed E-state index contributed by atoms with van der Waals surface area (Å²) >= 11 is 0. The lowest BCUT2D eigenvalue weighted by Gasteiger charge is -2.28. The molecule has 1 aromatic carbocycles. The van der Waals surface area contributed by atoms with Gasteiger partial charge in [0.1, 0.15) is 0 Å².